The third-order valence-corrected chi connectivity index (χ3v) is 4.86. The Hall–Kier alpha value is -2.08. The van der Waals surface area contributed by atoms with E-state index in [9.17, 15) is 14.7 Å². The van der Waals surface area contributed by atoms with Crippen LogP contribution in [0.4, 0.5) is 0 Å². The van der Waals surface area contributed by atoms with Crippen LogP contribution < -0.4 is 5.32 Å². The SMILES string of the molecule is CCC(C)OC(=O)C1=C(C)NC(C)=C(C(=O)O)C1c1cccs1. The van der Waals surface area contributed by atoms with Gasteiger partial charge in [-0.05, 0) is 38.6 Å². The first-order valence-electron chi connectivity index (χ1n) is 7.53. The van der Waals surface area contributed by atoms with E-state index in [2.05, 4.69) is 5.32 Å². The fourth-order valence-electron chi connectivity index (χ4n) is 2.62. The van der Waals surface area contributed by atoms with Crippen LogP contribution in [-0.2, 0) is 14.3 Å². The zero-order valence-electron chi connectivity index (χ0n) is 13.7. The molecular weight excluding hydrogens is 314 g/mol. The van der Waals surface area contributed by atoms with Gasteiger partial charge in [0.25, 0.3) is 0 Å². The lowest BCUT2D eigenvalue weighted by atomic mass is 9.84. The molecule has 2 atom stereocenters. The Kier molecular flexibility index (Phi) is 5.26. The number of rotatable bonds is 5. The molecule has 1 aromatic rings. The standard InChI is InChI=1S/C17H21NO4S/c1-5-9(2)22-17(21)14-11(4)18-10(3)13(16(19)20)15(14)12-7-6-8-23-12/h6-9,15,18H,5H2,1-4H3,(H,19,20). The van der Waals surface area contributed by atoms with E-state index in [0.717, 1.165) is 4.88 Å². The van der Waals surface area contributed by atoms with Gasteiger partial charge in [0.15, 0.2) is 0 Å². The summed E-state index contributed by atoms with van der Waals surface area (Å²) in [5.74, 6) is -2.10. The Labute approximate surface area is 139 Å². The highest BCUT2D eigenvalue weighted by Crippen LogP contribution is 2.40. The maximum atomic E-state index is 12.6. The van der Waals surface area contributed by atoms with E-state index in [4.69, 9.17) is 4.74 Å². The normalized spacial score (nSPS) is 19.4. The number of nitrogens with one attached hydrogen (secondary N) is 1. The molecular formula is C17H21NO4S. The largest absolute Gasteiger partial charge is 0.478 e. The molecule has 0 saturated heterocycles. The highest BCUT2D eigenvalue weighted by Gasteiger charge is 2.38. The summed E-state index contributed by atoms with van der Waals surface area (Å²) in [6, 6.07) is 3.70. The molecule has 0 amide bonds. The van der Waals surface area contributed by atoms with E-state index >= 15 is 0 Å². The van der Waals surface area contributed by atoms with Crippen LogP contribution >= 0.6 is 11.3 Å². The van der Waals surface area contributed by atoms with Crippen LogP contribution in [0.25, 0.3) is 0 Å². The predicted octanol–water partition coefficient (Wildman–Crippen LogP) is 3.41. The molecule has 2 unspecified atom stereocenters. The number of carbonyl (C=O) groups excluding carboxylic acids is 1. The van der Waals surface area contributed by atoms with Crippen molar-refractivity contribution in [2.24, 2.45) is 0 Å². The van der Waals surface area contributed by atoms with Crippen molar-refractivity contribution in [2.75, 3.05) is 0 Å². The van der Waals surface area contributed by atoms with E-state index in [-0.39, 0.29) is 11.7 Å². The molecule has 0 aromatic carbocycles. The molecule has 0 spiro atoms. The first-order valence-corrected chi connectivity index (χ1v) is 8.41. The van der Waals surface area contributed by atoms with Crippen LogP contribution in [0.2, 0.25) is 0 Å². The minimum atomic E-state index is -1.03. The highest BCUT2D eigenvalue weighted by molar-refractivity contribution is 7.10. The Morgan fingerprint density at radius 2 is 2.00 bits per heavy atom. The summed E-state index contributed by atoms with van der Waals surface area (Å²) in [6.07, 6.45) is 0.489. The van der Waals surface area contributed by atoms with Crippen molar-refractivity contribution in [2.45, 2.75) is 46.1 Å². The van der Waals surface area contributed by atoms with Crippen LogP contribution in [0.3, 0.4) is 0 Å². The van der Waals surface area contributed by atoms with Crippen molar-refractivity contribution in [3.63, 3.8) is 0 Å². The minimum absolute atomic E-state index is 0.189. The lowest BCUT2D eigenvalue weighted by Gasteiger charge is -2.29. The number of carboxylic acid groups (broad SMARTS) is 1. The Bertz CT molecular complexity index is 673. The molecule has 0 fully saturated rings. The van der Waals surface area contributed by atoms with Crippen molar-refractivity contribution >= 4 is 23.3 Å². The number of dihydropyridines is 1. The quantitative estimate of drug-likeness (QED) is 0.807. The second-order valence-electron chi connectivity index (χ2n) is 5.58. The van der Waals surface area contributed by atoms with Gasteiger partial charge in [0.2, 0.25) is 0 Å². The number of aliphatic carboxylic acids is 1. The Balaban J connectivity index is 2.51. The molecule has 0 radical (unpaired) electrons. The van der Waals surface area contributed by atoms with Gasteiger partial charge in [-0.1, -0.05) is 13.0 Å². The van der Waals surface area contributed by atoms with Crippen LogP contribution in [0, 0.1) is 0 Å². The second kappa shape index (κ2) is 7.00. The summed E-state index contributed by atoms with van der Waals surface area (Å²) >= 11 is 1.43. The molecule has 1 aliphatic heterocycles. The topological polar surface area (TPSA) is 75.6 Å². The minimum Gasteiger partial charge on any atom is -0.478 e. The number of carbonyl (C=O) groups is 2. The highest BCUT2D eigenvalue weighted by atomic mass is 32.1. The summed E-state index contributed by atoms with van der Waals surface area (Å²) in [5.41, 5.74) is 1.75. The molecule has 2 N–H and O–H groups in total. The maximum Gasteiger partial charge on any atom is 0.337 e. The van der Waals surface area contributed by atoms with E-state index in [1.54, 1.807) is 13.8 Å². The van der Waals surface area contributed by atoms with Gasteiger partial charge in [0, 0.05) is 16.3 Å². The van der Waals surface area contributed by atoms with Crippen LogP contribution in [-0.4, -0.2) is 23.1 Å². The smallest absolute Gasteiger partial charge is 0.337 e. The van der Waals surface area contributed by atoms with Crippen LogP contribution in [0.1, 0.15) is 44.9 Å². The second-order valence-corrected chi connectivity index (χ2v) is 6.56. The monoisotopic (exact) mass is 335 g/mol. The van der Waals surface area contributed by atoms with Gasteiger partial charge in [-0.25, -0.2) is 9.59 Å². The zero-order valence-corrected chi connectivity index (χ0v) is 14.5. The zero-order chi connectivity index (χ0) is 17.1. The van der Waals surface area contributed by atoms with Crippen molar-refractivity contribution in [1.82, 2.24) is 5.32 Å². The lowest BCUT2D eigenvalue weighted by Crippen LogP contribution is -2.32. The number of thiophene rings is 1. The van der Waals surface area contributed by atoms with Crippen molar-refractivity contribution in [3.8, 4) is 0 Å². The first-order chi connectivity index (χ1) is 10.9. The van der Waals surface area contributed by atoms with Gasteiger partial charge < -0.3 is 15.2 Å². The first kappa shape index (κ1) is 17.3. The summed E-state index contributed by atoms with van der Waals surface area (Å²) in [5, 5.41) is 14.5. The van der Waals surface area contributed by atoms with Crippen molar-refractivity contribution in [3.05, 3.63) is 44.9 Å². The van der Waals surface area contributed by atoms with Gasteiger partial charge in [-0.2, -0.15) is 0 Å². The lowest BCUT2D eigenvalue weighted by molar-refractivity contribution is -0.144. The molecule has 2 rings (SSSR count). The molecule has 1 aliphatic rings. The van der Waals surface area contributed by atoms with Crippen LogP contribution in [0.15, 0.2) is 40.1 Å². The van der Waals surface area contributed by atoms with E-state index in [1.807, 2.05) is 31.4 Å². The number of carboxylic acids is 1. The molecule has 23 heavy (non-hydrogen) atoms. The molecule has 0 aliphatic carbocycles. The van der Waals surface area contributed by atoms with Gasteiger partial charge in [0.05, 0.1) is 23.2 Å². The van der Waals surface area contributed by atoms with Gasteiger partial charge in [-0.3, -0.25) is 0 Å². The average molecular weight is 335 g/mol. The number of allylic oxidation sites excluding steroid dienone is 2. The molecule has 6 heteroatoms. The Morgan fingerprint density at radius 1 is 1.35 bits per heavy atom. The summed E-state index contributed by atoms with van der Waals surface area (Å²) in [6.45, 7) is 7.24. The molecule has 2 heterocycles. The molecule has 124 valence electrons. The van der Waals surface area contributed by atoms with Crippen molar-refractivity contribution < 1.29 is 19.4 Å². The summed E-state index contributed by atoms with van der Waals surface area (Å²) in [4.78, 5) is 25.2. The molecule has 0 saturated carbocycles. The number of ether oxygens (including phenoxy) is 1. The summed E-state index contributed by atoms with van der Waals surface area (Å²) < 4.78 is 5.45. The molecule has 1 aromatic heterocycles. The fraction of sp³-hybridized carbons (Fsp3) is 0.412. The third-order valence-electron chi connectivity index (χ3n) is 3.92. The number of hydrogen-bond acceptors (Lipinski definition) is 5. The Morgan fingerprint density at radius 3 is 2.52 bits per heavy atom. The fourth-order valence-corrected chi connectivity index (χ4v) is 3.46. The maximum absolute atomic E-state index is 12.6. The van der Waals surface area contributed by atoms with Gasteiger partial charge in [0.1, 0.15) is 0 Å². The number of hydrogen-bond donors (Lipinski definition) is 2. The van der Waals surface area contributed by atoms with E-state index < -0.39 is 17.9 Å². The average Bonchev–Trinajstić information content (AvgIpc) is 2.99. The van der Waals surface area contributed by atoms with Crippen LogP contribution in [0.5, 0.6) is 0 Å². The summed E-state index contributed by atoms with van der Waals surface area (Å²) in [7, 11) is 0. The van der Waals surface area contributed by atoms with Gasteiger partial charge >= 0.3 is 11.9 Å². The molecule has 0 bridgehead atoms. The molecule has 5 nitrogen and oxygen atoms in total. The van der Waals surface area contributed by atoms with E-state index in [0.29, 0.717) is 23.4 Å². The van der Waals surface area contributed by atoms with E-state index in [1.165, 1.54) is 11.3 Å². The van der Waals surface area contributed by atoms with Gasteiger partial charge in [-0.15, -0.1) is 11.3 Å². The van der Waals surface area contributed by atoms with Crippen molar-refractivity contribution in [1.29, 1.82) is 0 Å². The third kappa shape index (κ3) is 3.47. The number of esters is 1. The predicted molar refractivity (Wildman–Crippen MR) is 89.1 cm³/mol.